The number of alkyl halides is 3. The smallest absolute Gasteiger partial charge is 0.219 e. The monoisotopic (exact) mass is 235 g/mol. The van der Waals surface area contributed by atoms with Crippen molar-refractivity contribution >= 4 is 17.2 Å². The highest BCUT2D eigenvalue weighted by Crippen LogP contribution is 2.32. The Morgan fingerprint density at radius 3 is 2.67 bits per heavy atom. The van der Waals surface area contributed by atoms with Gasteiger partial charge in [0, 0.05) is 5.69 Å². The molecule has 0 saturated carbocycles. The molecule has 7 heteroatoms. The van der Waals surface area contributed by atoms with Crippen LogP contribution in [0, 0.1) is 6.92 Å². The predicted molar refractivity (Wildman–Crippen MR) is 47.7 cm³/mol. The van der Waals surface area contributed by atoms with E-state index >= 15 is 0 Å². The molecule has 0 spiro atoms. The molecule has 15 heavy (non-hydrogen) atoms. The fourth-order valence-corrected chi connectivity index (χ4v) is 1.51. The third-order valence-electron chi connectivity index (χ3n) is 1.92. The van der Waals surface area contributed by atoms with Crippen LogP contribution in [0.25, 0.3) is 5.65 Å². The van der Waals surface area contributed by atoms with Crippen molar-refractivity contribution in [1.82, 2.24) is 14.6 Å². The molecule has 2 aromatic heterocycles. The normalized spacial score (nSPS) is 12.3. The van der Waals surface area contributed by atoms with Crippen LogP contribution in [-0.4, -0.2) is 14.6 Å². The Balaban J connectivity index is 2.80. The standard InChI is InChI=1S/C8H5ClF3N3/c1-4-2-6(9)14-7-5(8(10,11)12)3-13-15(4)7/h2-3H,1H3. The number of aryl methyl sites for hydroxylation is 1. The van der Waals surface area contributed by atoms with Gasteiger partial charge >= 0.3 is 6.18 Å². The van der Waals surface area contributed by atoms with Gasteiger partial charge in [0.1, 0.15) is 10.7 Å². The van der Waals surface area contributed by atoms with Crippen LogP contribution in [0.4, 0.5) is 13.2 Å². The first-order valence-corrected chi connectivity index (χ1v) is 4.35. The van der Waals surface area contributed by atoms with Crippen LogP contribution in [0.3, 0.4) is 0 Å². The lowest BCUT2D eigenvalue weighted by Crippen LogP contribution is -2.05. The molecule has 3 nitrogen and oxygen atoms in total. The Morgan fingerprint density at radius 1 is 1.40 bits per heavy atom. The summed E-state index contributed by atoms with van der Waals surface area (Å²) in [6, 6.07) is 1.45. The van der Waals surface area contributed by atoms with E-state index in [9.17, 15) is 13.2 Å². The molecular weight excluding hydrogens is 231 g/mol. The summed E-state index contributed by atoms with van der Waals surface area (Å²) in [5.74, 6) is 0. The van der Waals surface area contributed by atoms with E-state index in [1.54, 1.807) is 6.92 Å². The van der Waals surface area contributed by atoms with Crippen molar-refractivity contribution in [3.8, 4) is 0 Å². The minimum atomic E-state index is -4.47. The third-order valence-corrected chi connectivity index (χ3v) is 2.12. The first kappa shape index (κ1) is 10.2. The van der Waals surface area contributed by atoms with Gasteiger partial charge in [0.05, 0.1) is 6.20 Å². The lowest BCUT2D eigenvalue weighted by atomic mass is 10.3. The zero-order valence-electron chi connectivity index (χ0n) is 7.51. The number of hydrogen-bond donors (Lipinski definition) is 0. The number of hydrogen-bond acceptors (Lipinski definition) is 2. The van der Waals surface area contributed by atoms with Gasteiger partial charge in [0.15, 0.2) is 5.65 Å². The first-order valence-electron chi connectivity index (χ1n) is 3.97. The van der Waals surface area contributed by atoms with E-state index in [-0.39, 0.29) is 10.8 Å². The Morgan fingerprint density at radius 2 is 2.07 bits per heavy atom. The SMILES string of the molecule is Cc1cc(Cl)nc2c(C(F)(F)F)cnn12. The molecule has 80 valence electrons. The molecule has 0 N–H and O–H groups in total. The highest BCUT2D eigenvalue weighted by molar-refractivity contribution is 6.29. The average molecular weight is 236 g/mol. The lowest BCUT2D eigenvalue weighted by Gasteiger charge is -2.04. The van der Waals surface area contributed by atoms with Gasteiger partial charge in [-0.15, -0.1) is 0 Å². The van der Waals surface area contributed by atoms with E-state index in [1.807, 2.05) is 0 Å². The van der Waals surface area contributed by atoms with E-state index in [2.05, 4.69) is 10.1 Å². The van der Waals surface area contributed by atoms with Crippen molar-refractivity contribution in [1.29, 1.82) is 0 Å². The summed E-state index contributed by atoms with van der Waals surface area (Å²) in [6.45, 7) is 1.60. The van der Waals surface area contributed by atoms with Crippen LogP contribution in [0.1, 0.15) is 11.3 Å². The Kier molecular flexibility index (Phi) is 2.11. The Hall–Kier alpha value is -1.30. The second-order valence-electron chi connectivity index (χ2n) is 3.01. The fourth-order valence-electron chi connectivity index (χ4n) is 1.27. The maximum atomic E-state index is 12.5. The van der Waals surface area contributed by atoms with Crippen LogP contribution in [0.2, 0.25) is 5.15 Å². The van der Waals surface area contributed by atoms with Gasteiger partial charge in [-0.1, -0.05) is 11.6 Å². The second kappa shape index (κ2) is 3.10. The molecule has 0 amide bonds. The van der Waals surface area contributed by atoms with E-state index in [4.69, 9.17) is 11.6 Å². The molecule has 0 aliphatic heterocycles. The van der Waals surface area contributed by atoms with Gasteiger partial charge in [0.25, 0.3) is 0 Å². The van der Waals surface area contributed by atoms with Gasteiger partial charge in [-0.3, -0.25) is 0 Å². The van der Waals surface area contributed by atoms with E-state index in [1.165, 1.54) is 6.07 Å². The number of fused-ring (bicyclic) bond motifs is 1. The molecule has 0 saturated heterocycles. The summed E-state index contributed by atoms with van der Waals surface area (Å²) in [4.78, 5) is 3.61. The summed E-state index contributed by atoms with van der Waals surface area (Å²) in [5.41, 5.74) is -0.652. The molecule has 0 bridgehead atoms. The van der Waals surface area contributed by atoms with E-state index in [0.29, 0.717) is 5.69 Å². The zero-order valence-corrected chi connectivity index (χ0v) is 8.26. The van der Waals surface area contributed by atoms with E-state index in [0.717, 1.165) is 10.7 Å². The molecule has 0 aliphatic rings. The zero-order chi connectivity index (χ0) is 11.2. The van der Waals surface area contributed by atoms with Crippen molar-refractivity contribution in [2.24, 2.45) is 0 Å². The number of halogens is 4. The molecule has 0 aliphatic carbocycles. The minimum absolute atomic E-state index is 0.0194. The third kappa shape index (κ3) is 1.65. The average Bonchev–Trinajstić information content (AvgIpc) is 2.45. The summed E-state index contributed by atoms with van der Waals surface area (Å²) < 4.78 is 38.5. The van der Waals surface area contributed by atoms with Crippen LogP contribution in [-0.2, 0) is 6.18 Å². The molecule has 0 atom stereocenters. The lowest BCUT2D eigenvalue weighted by molar-refractivity contribution is -0.136. The van der Waals surface area contributed by atoms with Crippen LogP contribution in [0.15, 0.2) is 12.3 Å². The summed E-state index contributed by atoms with van der Waals surface area (Å²) in [6.07, 6.45) is -3.72. The van der Waals surface area contributed by atoms with Crippen LogP contribution in [0.5, 0.6) is 0 Å². The topological polar surface area (TPSA) is 30.2 Å². The van der Waals surface area contributed by atoms with Gasteiger partial charge in [-0.05, 0) is 13.0 Å². The van der Waals surface area contributed by atoms with Crippen LogP contribution >= 0.6 is 11.6 Å². The number of nitrogens with zero attached hydrogens (tertiary/aromatic N) is 3. The van der Waals surface area contributed by atoms with Gasteiger partial charge in [0.2, 0.25) is 0 Å². The van der Waals surface area contributed by atoms with Crippen molar-refractivity contribution in [2.45, 2.75) is 13.1 Å². The molecule has 2 heterocycles. The molecule has 0 radical (unpaired) electrons. The van der Waals surface area contributed by atoms with Crippen molar-refractivity contribution in [2.75, 3.05) is 0 Å². The second-order valence-corrected chi connectivity index (χ2v) is 3.40. The predicted octanol–water partition coefficient (Wildman–Crippen LogP) is 2.71. The highest BCUT2D eigenvalue weighted by Gasteiger charge is 2.35. The van der Waals surface area contributed by atoms with Crippen molar-refractivity contribution in [3.05, 3.63) is 28.7 Å². The highest BCUT2D eigenvalue weighted by atomic mass is 35.5. The molecule has 0 aromatic carbocycles. The number of aromatic nitrogens is 3. The van der Waals surface area contributed by atoms with E-state index < -0.39 is 11.7 Å². The van der Waals surface area contributed by atoms with Gasteiger partial charge in [-0.25, -0.2) is 9.50 Å². The molecule has 2 aromatic rings. The first-order chi connectivity index (χ1) is 6.89. The Labute approximate surface area is 87.5 Å². The maximum absolute atomic E-state index is 12.5. The summed E-state index contributed by atoms with van der Waals surface area (Å²) >= 11 is 5.58. The van der Waals surface area contributed by atoms with Crippen LogP contribution < -0.4 is 0 Å². The molecule has 2 rings (SSSR count). The van der Waals surface area contributed by atoms with Crippen molar-refractivity contribution < 1.29 is 13.2 Å². The molecular formula is C8H5ClF3N3. The summed E-state index contributed by atoms with van der Waals surface area (Å²) in [5, 5.41) is 3.62. The van der Waals surface area contributed by atoms with Crippen molar-refractivity contribution in [3.63, 3.8) is 0 Å². The number of rotatable bonds is 0. The fraction of sp³-hybridized carbons (Fsp3) is 0.250. The Bertz CT molecular complexity index is 518. The molecule has 0 fully saturated rings. The quantitative estimate of drug-likeness (QED) is 0.657. The summed E-state index contributed by atoms with van der Waals surface area (Å²) in [7, 11) is 0. The van der Waals surface area contributed by atoms with Gasteiger partial charge < -0.3 is 0 Å². The molecule has 0 unspecified atom stereocenters. The van der Waals surface area contributed by atoms with Gasteiger partial charge in [-0.2, -0.15) is 18.3 Å². The minimum Gasteiger partial charge on any atom is -0.219 e. The maximum Gasteiger partial charge on any atom is 0.421 e. The largest absolute Gasteiger partial charge is 0.421 e.